The fourth-order valence-electron chi connectivity index (χ4n) is 1.69. The summed E-state index contributed by atoms with van der Waals surface area (Å²) in [4.78, 5) is 18.9. The van der Waals surface area contributed by atoms with E-state index in [9.17, 15) is 4.79 Å². The highest BCUT2D eigenvalue weighted by atomic mass is 35.5. The van der Waals surface area contributed by atoms with Gasteiger partial charge in [-0.3, -0.25) is 4.79 Å². The number of carbonyl (C=O) groups excluding carboxylic acids is 1. The van der Waals surface area contributed by atoms with Gasteiger partial charge >= 0.3 is 0 Å². The van der Waals surface area contributed by atoms with Crippen molar-refractivity contribution >= 4 is 29.0 Å². The molecule has 0 unspecified atom stereocenters. The maximum absolute atomic E-state index is 11.1. The second kappa shape index (κ2) is 5.48. The van der Waals surface area contributed by atoms with Gasteiger partial charge in [-0.05, 0) is 18.8 Å². The third-order valence-corrected chi connectivity index (χ3v) is 3.08. The molecule has 0 amide bonds. The minimum atomic E-state index is 0.219. The Morgan fingerprint density at radius 1 is 1.29 bits per heavy atom. The van der Waals surface area contributed by atoms with Gasteiger partial charge in [0.25, 0.3) is 0 Å². The van der Waals surface area contributed by atoms with E-state index in [2.05, 4.69) is 21.8 Å². The average molecular weight is 269 g/mol. The SMILES string of the molecule is O=C1CCC(C#Cc2ncc(Cl)nc2Cl)CC1. The maximum atomic E-state index is 11.1. The molecule has 1 aromatic heterocycles. The van der Waals surface area contributed by atoms with Gasteiger partial charge in [0.15, 0.2) is 10.8 Å². The number of rotatable bonds is 0. The molecule has 88 valence electrons. The van der Waals surface area contributed by atoms with Gasteiger partial charge in [-0.15, -0.1) is 0 Å². The van der Waals surface area contributed by atoms with E-state index in [4.69, 9.17) is 23.2 Å². The number of carbonyl (C=O) groups is 1. The summed E-state index contributed by atoms with van der Waals surface area (Å²) >= 11 is 11.5. The first-order valence-electron chi connectivity index (χ1n) is 5.36. The smallest absolute Gasteiger partial charge is 0.165 e. The summed E-state index contributed by atoms with van der Waals surface area (Å²) in [6.07, 6.45) is 4.32. The molecular formula is C12H10Cl2N2O. The highest BCUT2D eigenvalue weighted by molar-refractivity contribution is 6.32. The van der Waals surface area contributed by atoms with E-state index in [0.29, 0.717) is 24.3 Å². The van der Waals surface area contributed by atoms with E-state index in [1.807, 2.05) is 0 Å². The van der Waals surface area contributed by atoms with Crippen LogP contribution in [-0.4, -0.2) is 15.8 Å². The lowest BCUT2D eigenvalue weighted by molar-refractivity contribution is -0.120. The van der Waals surface area contributed by atoms with E-state index in [1.165, 1.54) is 6.20 Å². The van der Waals surface area contributed by atoms with Crippen molar-refractivity contribution in [2.75, 3.05) is 0 Å². The molecular weight excluding hydrogens is 259 g/mol. The zero-order valence-corrected chi connectivity index (χ0v) is 10.6. The molecule has 1 fully saturated rings. The molecule has 1 aromatic rings. The van der Waals surface area contributed by atoms with E-state index in [0.717, 1.165) is 12.8 Å². The lowest BCUT2D eigenvalue weighted by Gasteiger charge is -2.14. The lowest BCUT2D eigenvalue weighted by Crippen LogP contribution is -2.12. The number of aromatic nitrogens is 2. The van der Waals surface area contributed by atoms with Gasteiger partial charge in [0, 0.05) is 18.8 Å². The van der Waals surface area contributed by atoms with E-state index >= 15 is 0 Å². The molecule has 2 rings (SSSR count). The minimum Gasteiger partial charge on any atom is -0.300 e. The molecule has 0 spiro atoms. The molecule has 1 saturated carbocycles. The first kappa shape index (κ1) is 12.3. The Bertz CT molecular complexity index is 495. The van der Waals surface area contributed by atoms with Crippen LogP contribution in [0.5, 0.6) is 0 Å². The number of Topliss-reactive ketones (excluding diaryl/α,β-unsaturated/α-hetero) is 1. The molecule has 0 aromatic carbocycles. The number of hydrogen-bond acceptors (Lipinski definition) is 3. The average Bonchev–Trinajstić information content (AvgIpc) is 2.30. The summed E-state index contributed by atoms with van der Waals surface area (Å²) in [5, 5.41) is 0.473. The van der Waals surface area contributed by atoms with Crippen molar-refractivity contribution in [1.82, 2.24) is 9.97 Å². The van der Waals surface area contributed by atoms with Crippen molar-refractivity contribution in [3.8, 4) is 11.8 Å². The first-order valence-corrected chi connectivity index (χ1v) is 6.12. The van der Waals surface area contributed by atoms with Crippen LogP contribution in [0.2, 0.25) is 10.3 Å². The van der Waals surface area contributed by atoms with Crippen molar-refractivity contribution in [2.45, 2.75) is 25.7 Å². The van der Waals surface area contributed by atoms with Crippen molar-refractivity contribution in [3.63, 3.8) is 0 Å². The van der Waals surface area contributed by atoms with Gasteiger partial charge in [0.2, 0.25) is 0 Å². The Kier molecular flexibility index (Phi) is 3.98. The summed E-state index contributed by atoms with van der Waals surface area (Å²) in [5.41, 5.74) is 0.438. The molecule has 0 atom stereocenters. The number of hydrogen-bond donors (Lipinski definition) is 0. The molecule has 1 aliphatic carbocycles. The fraction of sp³-hybridized carbons (Fsp3) is 0.417. The number of nitrogens with zero attached hydrogens (tertiary/aromatic N) is 2. The van der Waals surface area contributed by atoms with E-state index in [-0.39, 0.29) is 16.2 Å². The summed E-state index contributed by atoms with van der Waals surface area (Å²) in [5.74, 6) is 6.56. The zero-order chi connectivity index (χ0) is 12.3. The summed E-state index contributed by atoms with van der Waals surface area (Å²) < 4.78 is 0. The van der Waals surface area contributed by atoms with Crippen LogP contribution in [0, 0.1) is 17.8 Å². The molecule has 3 nitrogen and oxygen atoms in total. The fourth-order valence-corrected chi connectivity index (χ4v) is 2.05. The van der Waals surface area contributed by atoms with Crippen LogP contribution in [0.25, 0.3) is 0 Å². The van der Waals surface area contributed by atoms with Crippen LogP contribution in [0.3, 0.4) is 0 Å². The lowest BCUT2D eigenvalue weighted by atomic mass is 9.89. The third kappa shape index (κ3) is 3.42. The topological polar surface area (TPSA) is 42.9 Å². The van der Waals surface area contributed by atoms with Crippen molar-refractivity contribution in [2.24, 2.45) is 5.92 Å². The van der Waals surface area contributed by atoms with Crippen LogP contribution in [0.15, 0.2) is 6.20 Å². The number of ketones is 1. The maximum Gasteiger partial charge on any atom is 0.165 e. The molecule has 5 heteroatoms. The molecule has 0 saturated heterocycles. The third-order valence-electron chi connectivity index (χ3n) is 2.64. The van der Waals surface area contributed by atoms with E-state index in [1.54, 1.807) is 0 Å². The standard InChI is InChI=1S/C12H10Cl2N2O/c13-11-7-15-10(12(14)16-11)6-3-8-1-4-9(17)5-2-8/h7-8H,1-2,4-5H2. The monoisotopic (exact) mass is 268 g/mol. The van der Waals surface area contributed by atoms with Gasteiger partial charge in [0.05, 0.1) is 6.20 Å². The van der Waals surface area contributed by atoms with Crippen LogP contribution in [0.1, 0.15) is 31.4 Å². The van der Waals surface area contributed by atoms with Gasteiger partial charge in [-0.1, -0.05) is 29.1 Å². The van der Waals surface area contributed by atoms with Gasteiger partial charge in [-0.25, -0.2) is 9.97 Å². The summed E-state index contributed by atoms with van der Waals surface area (Å²) in [7, 11) is 0. The predicted octanol–water partition coefficient (Wildman–Crippen LogP) is 2.89. The van der Waals surface area contributed by atoms with Crippen LogP contribution >= 0.6 is 23.2 Å². The van der Waals surface area contributed by atoms with Gasteiger partial charge in [0.1, 0.15) is 10.9 Å². The normalized spacial score (nSPS) is 16.5. The van der Waals surface area contributed by atoms with Crippen LogP contribution in [-0.2, 0) is 4.79 Å². The van der Waals surface area contributed by atoms with Crippen molar-refractivity contribution < 1.29 is 4.79 Å². The second-order valence-corrected chi connectivity index (χ2v) is 4.66. The van der Waals surface area contributed by atoms with Crippen molar-refractivity contribution in [3.05, 3.63) is 22.2 Å². The Morgan fingerprint density at radius 3 is 2.65 bits per heavy atom. The zero-order valence-electron chi connectivity index (χ0n) is 9.04. The van der Waals surface area contributed by atoms with Gasteiger partial charge in [-0.2, -0.15) is 0 Å². The Morgan fingerprint density at radius 2 is 2.00 bits per heavy atom. The van der Waals surface area contributed by atoms with Crippen molar-refractivity contribution in [1.29, 1.82) is 0 Å². The van der Waals surface area contributed by atoms with E-state index < -0.39 is 0 Å². The Balaban J connectivity index is 2.08. The molecule has 17 heavy (non-hydrogen) atoms. The summed E-state index contributed by atoms with van der Waals surface area (Å²) in [6.45, 7) is 0. The molecule has 0 radical (unpaired) electrons. The predicted molar refractivity (Wildman–Crippen MR) is 65.9 cm³/mol. The molecule has 1 aliphatic rings. The number of halogens is 2. The second-order valence-electron chi connectivity index (χ2n) is 3.91. The first-order chi connectivity index (χ1) is 8.15. The van der Waals surface area contributed by atoms with Crippen LogP contribution in [0.4, 0.5) is 0 Å². The molecule has 1 heterocycles. The highest BCUT2D eigenvalue weighted by Crippen LogP contribution is 2.21. The Labute approximate surface area is 110 Å². The molecule has 0 bridgehead atoms. The highest BCUT2D eigenvalue weighted by Gasteiger charge is 2.16. The largest absolute Gasteiger partial charge is 0.300 e. The summed E-state index contributed by atoms with van der Waals surface area (Å²) in [6, 6.07) is 0. The molecule has 0 N–H and O–H groups in total. The molecule has 0 aliphatic heterocycles. The minimum absolute atomic E-state index is 0.219. The Hall–Kier alpha value is -1.11. The van der Waals surface area contributed by atoms with Crippen LogP contribution < -0.4 is 0 Å². The quantitative estimate of drug-likeness (QED) is 0.680. The van der Waals surface area contributed by atoms with Gasteiger partial charge < -0.3 is 0 Å².